The molecule has 0 aromatic carbocycles. The van der Waals surface area contributed by atoms with Crippen molar-refractivity contribution in [1.82, 2.24) is 35.2 Å². The van der Waals surface area contributed by atoms with Crippen LogP contribution in [0.1, 0.15) is 29.4 Å². The van der Waals surface area contributed by atoms with E-state index in [-0.39, 0.29) is 29.9 Å². The summed E-state index contributed by atoms with van der Waals surface area (Å²) in [5.41, 5.74) is 0. The van der Waals surface area contributed by atoms with E-state index in [4.69, 9.17) is 4.99 Å². The van der Waals surface area contributed by atoms with Gasteiger partial charge in [-0.2, -0.15) is 0 Å². The van der Waals surface area contributed by atoms with Crippen molar-refractivity contribution in [3.05, 3.63) is 34.0 Å². The Morgan fingerprint density at radius 1 is 1.25 bits per heavy atom. The average molecular weight is 573 g/mol. The highest BCUT2D eigenvalue weighted by Gasteiger charge is 2.26. The van der Waals surface area contributed by atoms with E-state index in [0.717, 1.165) is 69.6 Å². The number of aliphatic imine (C=N–C) groups is 1. The number of nitrogens with one attached hydrogen (secondary N) is 2. The van der Waals surface area contributed by atoms with E-state index in [9.17, 15) is 4.79 Å². The molecule has 0 radical (unpaired) electrons. The molecule has 1 saturated carbocycles. The highest BCUT2D eigenvalue weighted by Crippen LogP contribution is 2.18. The summed E-state index contributed by atoms with van der Waals surface area (Å²) in [5.74, 6) is 2.79. The zero-order valence-electron chi connectivity index (χ0n) is 18.8. The van der Waals surface area contributed by atoms with Crippen LogP contribution in [-0.4, -0.2) is 81.7 Å². The van der Waals surface area contributed by atoms with Crippen LogP contribution < -0.4 is 10.6 Å². The average Bonchev–Trinajstić information content (AvgIpc) is 3.30. The molecule has 2 aromatic rings. The van der Waals surface area contributed by atoms with Crippen molar-refractivity contribution < 1.29 is 4.79 Å². The molecule has 3 heterocycles. The van der Waals surface area contributed by atoms with Gasteiger partial charge in [-0.05, 0) is 37.6 Å². The second-order valence-electron chi connectivity index (χ2n) is 8.22. The van der Waals surface area contributed by atoms with Gasteiger partial charge in [0, 0.05) is 50.7 Å². The molecule has 9 nitrogen and oxygen atoms in total. The van der Waals surface area contributed by atoms with E-state index in [1.165, 1.54) is 4.88 Å². The van der Waals surface area contributed by atoms with Gasteiger partial charge in [0.1, 0.15) is 12.4 Å². The Morgan fingerprint density at radius 3 is 2.66 bits per heavy atom. The minimum Gasteiger partial charge on any atom is -0.356 e. The number of hydrogen-bond donors (Lipinski definition) is 2. The molecule has 1 saturated heterocycles. The maximum absolute atomic E-state index is 12.1. The minimum absolute atomic E-state index is 0. The van der Waals surface area contributed by atoms with Crippen LogP contribution >= 0.6 is 35.3 Å². The van der Waals surface area contributed by atoms with E-state index in [0.29, 0.717) is 19.1 Å². The van der Waals surface area contributed by atoms with Crippen LogP contribution in [0.2, 0.25) is 0 Å². The summed E-state index contributed by atoms with van der Waals surface area (Å²) in [6.07, 6.45) is 3.23. The number of guanidine groups is 1. The summed E-state index contributed by atoms with van der Waals surface area (Å²) in [7, 11) is 1.97. The van der Waals surface area contributed by atoms with Gasteiger partial charge in [-0.3, -0.25) is 9.69 Å². The fourth-order valence-corrected chi connectivity index (χ4v) is 4.29. The Balaban J connectivity index is 0.00000289. The number of halogens is 1. The molecule has 32 heavy (non-hydrogen) atoms. The maximum atomic E-state index is 12.1. The van der Waals surface area contributed by atoms with Gasteiger partial charge in [0.2, 0.25) is 5.91 Å². The second-order valence-corrected chi connectivity index (χ2v) is 9.26. The fourth-order valence-electron chi connectivity index (χ4n) is 3.58. The highest BCUT2D eigenvalue weighted by molar-refractivity contribution is 14.0. The quantitative estimate of drug-likeness (QED) is 0.283. The summed E-state index contributed by atoms with van der Waals surface area (Å²) in [5, 5.41) is 17.1. The zero-order valence-corrected chi connectivity index (χ0v) is 21.9. The molecule has 1 aliphatic carbocycles. The van der Waals surface area contributed by atoms with Crippen LogP contribution in [0.25, 0.3) is 0 Å². The Morgan fingerprint density at radius 2 is 2.03 bits per heavy atom. The predicted octanol–water partition coefficient (Wildman–Crippen LogP) is 1.39. The summed E-state index contributed by atoms with van der Waals surface area (Å²) in [6.45, 7) is 7.15. The molecular formula is C21H33IN8OS. The summed E-state index contributed by atoms with van der Waals surface area (Å²) in [4.78, 5) is 22.8. The molecule has 4 rings (SSSR count). The van der Waals surface area contributed by atoms with Crippen molar-refractivity contribution in [2.24, 2.45) is 12.0 Å². The number of carbonyl (C=O) groups excluding carboxylic acids is 1. The largest absolute Gasteiger partial charge is 0.356 e. The number of thiophene rings is 1. The first-order valence-corrected chi connectivity index (χ1v) is 11.9. The Kier molecular flexibility index (Phi) is 9.29. The molecule has 0 bridgehead atoms. The maximum Gasteiger partial charge on any atom is 0.234 e. The molecule has 0 unspecified atom stereocenters. The van der Waals surface area contributed by atoms with Crippen LogP contribution in [0.15, 0.2) is 22.5 Å². The molecular weight excluding hydrogens is 539 g/mol. The first-order chi connectivity index (χ1) is 15.1. The lowest BCUT2D eigenvalue weighted by Crippen LogP contribution is -2.54. The summed E-state index contributed by atoms with van der Waals surface area (Å²) >= 11 is 1.78. The number of amides is 1. The fraction of sp³-hybridized carbons (Fsp3) is 0.619. The lowest BCUT2D eigenvalue weighted by Gasteiger charge is -2.36. The lowest BCUT2D eigenvalue weighted by atomic mass is 10.3. The molecule has 2 aromatic heterocycles. The van der Waals surface area contributed by atoms with Crippen molar-refractivity contribution in [3.8, 4) is 0 Å². The number of aromatic nitrogens is 3. The third-order valence-electron chi connectivity index (χ3n) is 5.77. The van der Waals surface area contributed by atoms with Gasteiger partial charge in [-0.25, -0.2) is 4.99 Å². The van der Waals surface area contributed by atoms with Crippen molar-refractivity contribution in [2.45, 2.75) is 38.8 Å². The van der Waals surface area contributed by atoms with Crippen LogP contribution in [0, 0.1) is 6.92 Å². The molecule has 0 spiro atoms. The Hall–Kier alpha value is -1.73. The molecule has 2 N–H and O–H groups in total. The molecule has 1 amide bonds. The van der Waals surface area contributed by atoms with Crippen LogP contribution in [-0.2, 0) is 24.8 Å². The third-order valence-corrected chi connectivity index (χ3v) is 6.71. The number of aryl methyl sites for hydroxylation is 1. The Bertz CT molecular complexity index is 888. The number of nitrogens with zero attached hydrogens (tertiary/aromatic N) is 6. The van der Waals surface area contributed by atoms with Gasteiger partial charge >= 0.3 is 0 Å². The second kappa shape index (κ2) is 11.9. The van der Waals surface area contributed by atoms with E-state index in [2.05, 4.69) is 48.1 Å². The SMILES string of the molecule is Cc1nnc(CN=C(NCCc2cccs2)N2CCN(CC(=O)NC3CC3)CC2)n1C.I. The van der Waals surface area contributed by atoms with Gasteiger partial charge in [0.05, 0.1) is 6.54 Å². The topological polar surface area (TPSA) is 90.7 Å². The van der Waals surface area contributed by atoms with Crippen LogP contribution in [0.5, 0.6) is 0 Å². The van der Waals surface area contributed by atoms with Crippen molar-refractivity contribution in [1.29, 1.82) is 0 Å². The number of hydrogen-bond acceptors (Lipinski definition) is 6. The zero-order chi connectivity index (χ0) is 21.6. The van der Waals surface area contributed by atoms with Gasteiger partial charge in [-0.15, -0.1) is 45.5 Å². The molecule has 0 atom stereocenters. The van der Waals surface area contributed by atoms with E-state index in [1.807, 2.05) is 18.5 Å². The number of piperazine rings is 1. The van der Waals surface area contributed by atoms with Gasteiger partial charge in [-0.1, -0.05) is 6.07 Å². The summed E-state index contributed by atoms with van der Waals surface area (Å²) < 4.78 is 1.98. The van der Waals surface area contributed by atoms with E-state index in [1.54, 1.807) is 11.3 Å². The lowest BCUT2D eigenvalue weighted by molar-refractivity contribution is -0.122. The van der Waals surface area contributed by atoms with Gasteiger partial charge < -0.3 is 20.1 Å². The summed E-state index contributed by atoms with van der Waals surface area (Å²) in [6, 6.07) is 4.67. The monoisotopic (exact) mass is 572 g/mol. The van der Waals surface area contributed by atoms with Crippen LogP contribution in [0.4, 0.5) is 0 Å². The van der Waals surface area contributed by atoms with Crippen molar-refractivity contribution in [2.75, 3.05) is 39.3 Å². The van der Waals surface area contributed by atoms with Gasteiger partial charge in [0.15, 0.2) is 11.8 Å². The molecule has 2 fully saturated rings. The normalized spacial score (nSPS) is 17.2. The first-order valence-electron chi connectivity index (χ1n) is 11.0. The highest BCUT2D eigenvalue weighted by atomic mass is 127. The molecule has 2 aliphatic rings. The van der Waals surface area contributed by atoms with E-state index >= 15 is 0 Å². The standard InChI is InChI=1S/C21H32N8OS.HI/c1-16-25-26-19(27(16)2)14-23-21(22-8-7-18-4-3-13-31-18)29-11-9-28(10-12-29)15-20(30)24-17-5-6-17;/h3-4,13,17H,5-12,14-15H2,1-2H3,(H,22,23)(H,24,30);1H. The van der Waals surface area contributed by atoms with Crippen LogP contribution in [0.3, 0.4) is 0 Å². The molecule has 176 valence electrons. The van der Waals surface area contributed by atoms with E-state index < -0.39 is 0 Å². The van der Waals surface area contributed by atoms with Gasteiger partial charge in [0.25, 0.3) is 0 Å². The van der Waals surface area contributed by atoms with Crippen molar-refractivity contribution in [3.63, 3.8) is 0 Å². The number of rotatable bonds is 8. The Labute approximate surface area is 210 Å². The third kappa shape index (κ3) is 7.14. The number of carbonyl (C=O) groups is 1. The first kappa shape index (κ1) is 24.9. The van der Waals surface area contributed by atoms with Crippen molar-refractivity contribution >= 4 is 47.2 Å². The molecule has 1 aliphatic heterocycles. The predicted molar refractivity (Wildman–Crippen MR) is 137 cm³/mol. The minimum atomic E-state index is 0. The molecule has 11 heteroatoms. The smallest absolute Gasteiger partial charge is 0.234 e.